The van der Waals surface area contributed by atoms with Crippen LogP contribution in [0, 0.1) is 11.8 Å². The van der Waals surface area contributed by atoms with Crippen LogP contribution >= 0.6 is 61.1 Å². The Morgan fingerprint density at radius 3 is 2.87 bits per heavy atom. The quantitative estimate of drug-likeness (QED) is 0.198. The number of carboxylic acid groups (broad SMARTS) is 1. The Bertz CT molecular complexity index is 927. The minimum absolute atomic E-state index is 0.160. The van der Waals surface area contributed by atoms with Crippen molar-refractivity contribution in [3.63, 3.8) is 0 Å². The molecule has 0 spiro atoms. The van der Waals surface area contributed by atoms with Gasteiger partial charge in [-0.3, -0.25) is 0 Å². The molecular weight excluding hydrogens is 674 g/mol. The smallest absolute Gasteiger partial charge is 0.333 e. The Hall–Kier alpha value is -0.830. The predicted octanol–water partition coefficient (Wildman–Crippen LogP) is 6.26. The molecule has 1 N–H and O–H groups in total. The molecule has 7 heteroatoms. The van der Waals surface area contributed by atoms with E-state index in [9.17, 15) is 9.90 Å². The van der Waals surface area contributed by atoms with Crippen LogP contribution in [0.1, 0.15) is 25.8 Å². The summed E-state index contributed by atoms with van der Waals surface area (Å²) in [6, 6.07) is 5.56. The fraction of sp³-hybridized carbons (Fsp3) is 0.348. The number of halogens is 3. The molecule has 1 aliphatic carbocycles. The maximum atomic E-state index is 11.3. The van der Waals surface area contributed by atoms with Crippen LogP contribution in [0.25, 0.3) is 0 Å². The van der Waals surface area contributed by atoms with Gasteiger partial charge in [-0.2, -0.15) is 0 Å². The molecule has 0 aliphatic heterocycles. The molecule has 0 saturated carbocycles. The molecule has 0 radical (unpaired) electrons. The fourth-order valence-electron chi connectivity index (χ4n) is 2.69. The molecule has 1 aromatic rings. The first-order valence-corrected chi connectivity index (χ1v) is 12.4. The molecule has 1 unspecified atom stereocenters. The molecule has 2 rings (SSSR count). The van der Waals surface area contributed by atoms with E-state index in [1.165, 1.54) is 3.58 Å². The number of aliphatic carboxylic acids is 1. The topological polar surface area (TPSA) is 55.8 Å². The van der Waals surface area contributed by atoms with Gasteiger partial charge in [-0.25, -0.2) is 4.79 Å². The number of benzene rings is 1. The van der Waals surface area contributed by atoms with Crippen LogP contribution in [-0.4, -0.2) is 33.8 Å². The highest BCUT2D eigenvalue weighted by atomic mass is 127. The van der Waals surface area contributed by atoms with Gasteiger partial charge in [0.05, 0.1) is 4.47 Å². The lowest BCUT2D eigenvalue weighted by Crippen LogP contribution is -2.26. The van der Waals surface area contributed by atoms with E-state index >= 15 is 0 Å². The van der Waals surface area contributed by atoms with Crippen molar-refractivity contribution in [2.45, 2.75) is 36.2 Å². The summed E-state index contributed by atoms with van der Waals surface area (Å²) in [4.78, 5) is 11.3. The highest BCUT2D eigenvalue weighted by molar-refractivity contribution is 14.1. The predicted molar refractivity (Wildman–Crippen MR) is 141 cm³/mol. The highest BCUT2D eigenvalue weighted by Crippen LogP contribution is 2.34. The summed E-state index contributed by atoms with van der Waals surface area (Å²) in [6.45, 7) is 4.52. The van der Waals surface area contributed by atoms with E-state index in [2.05, 4.69) is 91.2 Å². The van der Waals surface area contributed by atoms with Gasteiger partial charge in [0, 0.05) is 19.4 Å². The Morgan fingerprint density at radius 1 is 1.47 bits per heavy atom. The van der Waals surface area contributed by atoms with Gasteiger partial charge in [0.2, 0.25) is 0 Å². The van der Waals surface area contributed by atoms with Crippen LogP contribution in [0.2, 0.25) is 0 Å². The van der Waals surface area contributed by atoms with E-state index in [-0.39, 0.29) is 3.42 Å². The number of rotatable bonds is 8. The number of allylic oxidation sites excluding steroid dienone is 5. The van der Waals surface area contributed by atoms with Gasteiger partial charge in [-0.15, -0.1) is 0 Å². The number of ether oxygens (including phenoxy) is 2. The first kappa shape index (κ1) is 25.4. The number of hydrogen-bond acceptors (Lipinski definition) is 3. The summed E-state index contributed by atoms with van der Waals surface area (Å²) in [5.74, 6) is 6.31. The molecule has 0 heterocycles. The van der Waals surface area contributed by atoms with Crippen molar-refractivity contribution < 1.29 is 19.4 Å². The van der Waals surface area contributed by atoms with E-state index < -0.39 is 12.1 Å². The van der Waals surface area contributed by atoms with Crippen LogP contribution in [0.15, 0.2) is 56.1 Å². The normalized spacial score (nSPS) is 19.5. The lowest BCUT2D eigenvalue weighted by molar-refractivity contribution is -0.149. The average Bonchev–Trinajstić information content (AvgIpc) is 2.67. The summed E-state index contributed by atoms with van der Waals surface area (Å²) >= 11 is 8.24. The minimum Gasteiger partial charge on any atom is -0.488 e. The third kappa shape index (κ3) is 8.36. The van der Waals surface area contributed by atoms with Crippen LogP contribution in [0.5, 0.6) is 5.75 Å². The van der Waals surface area contributed by atoms with E-state index in [1.807, 2.05) is 31.2 Å². The molecule has 0 aromatic heterocycles. The summed E-state index contributed by atoms with van der Waals surface area (Å²) < 4.78 is 13.0. The number of alkyl halides is 1. The second kappa shape index (κ2) is 12.3. The van der Waals surface area contributed by atoms with Crippen LogP contribution in [0.4, 0.5) is 0 Å². The Morgan fingerprint density at radius 2 is 2.23 bits per heavy atom. The Balaban J connectivity index is 1.95. The monoisotopic (exact) mass is 696 g/mol. The van der Waals surface area contributed by atoms with Gasteiger partial charge >= 0.3 is 5.97 Å². The van der Waals surface area contributed by atoms with Gasteiger partial charge in [0.25, 0.3) is 0 Å². The number of carbonyl (C=O) groups is 1. The van der Waals surface area contributed by atoms with Crippen molar-refractivity contribution in [1.29, 1.82) is 0 Å². The van der Waals surface area contributed by atoms with Gasteiger partial charge in [0.15, 0.2) is 6.10 Å². The van der Waals surface area contributed by atoms with Crippen molar-refractivity contribution in [3.05, 3.63) is 61.7 Å². The molecule has 0 fully saturated rings. The van der Waals surface area contributed by atoms with Crippen LogP contribution in [-0.2, 0) is 16.0 Å². The highest BCUT2D eigenvalue weighted by Gasteiger charge is 2.23. The molecule has 160 valence electrons. The van der Waals surface area contributed by atoms with Gasteiger partial charge < -0.3 is 14.6 Å². The van der Waals surface area contributed by atoms with Crippen LogP contribution < -0.4 is 4.74 Å². The molecule has 1 aliphatic rings. The summed E-state index contributed by atoms with van der Waals surface area (Å²) in [5.41, 5.74) is 1.82. The third-order valence-corrected chi connectivity index (χ3v) is 6.59. The summed E-state index contributed by atoms with van der Waals surface area (Å²) in [6.07, 6.45) is 8.63. The summed E-state index contributed by atoms with van der Waals surface area (Å²) in [7, 11) is 0. The van der Waals surface area contributed by atoms with Crippen LogP contribution in [0.3, 0.4) is 0 Å². The zero-order valence-electron chi connectivity index (χ0n) is 16.8. The van der Waals surface area contributed by atoms with Crippen molar-refractivity contribution >= 4 is 67.1 Å². The second-order valence-corrected chi connectivity index (χ2v) is 10.9. The Kier molecular flexibility index (Phi) is 10.4. The minimum atomic E-state index is -0.960. The zero-order chi connectivity index (χ0) is 22.1. The summed E-state index contributed by atoms with van der Waals surface area (Å²) in [5, 5.41) is 9.23. The van der Waals surface area contributed by atoms with Crippen molar-refractivity contribution in [2.75, 3.05) is 13.2 Å². The molecule has 4 nitrogen and oxygen atoms in total. The number of hydrogen-bond donors (Lipinski definition) is 1. The lowest BCUT2D eigenvalue weighted by Gasteiger charge is -2.19. The Labute approximate surface area is 213 Å². The molecule has 2 atom stereocenters. The van der Waals surface area contributed by atoms with Crippen molar-refractivity contribution in [3.8, 4) is 17.6 Å². The molecule has 1 aromatic carbocycles. The number of carboxylic acids is 1. The zero-order valence-corrected chi connectivity index (χ0v) is 22.7. The first-order valence-electron chi connectivity index (χ1n) is 9.41. The fourth-order valence-corrected chi connectivity index (χ4v) is 5.52. The molecule has 30 heavy (non-hydrogen) atoms. The largest absolute Gasteiger partial charge is 0.488 e. The van der Waals surface area contributed by atoms with Gasteiger partial charge in [-0.1, -0.05) is 58.7 Å². The lowest BCUT2D eigenvalue weighted by atomic mass is 10.0. The molecular formula is C23H23BrI2O4. The van der Waals surface area contributed by atoms with E-state index in [4.69, 9.17) is 9.47 Å². The average molecular weight is 697 g/mol. The van der Waals surface area contributed by atoms with Crippen molar-refractivity contribution in [2.24, 2.45) is 0 Å². The molecule has 0 amide bonds. The van der Waals surface area contributed by atoms with Gasteiger partial charge in [0.1, 0.15) is 15.8 Å². The maximum Gasteiger partial charge on any atom is 0.333 e. The third-order valence-electron chi connectivity index (χ3n) is 4.22. The van der Waals surface area contributed by atoms with E-state index in [0.29, 0.717) is 25.4 Å². The van der Waals surface area contributed by atoms with E-state index in [1.54, 1.807) is 6.92 Å². The second-order valence-electron chi connectivity index (χ2n) is 6.71. The first-order chi connectivity index (χ1) is 14.2. The van der Waals surface area contributed by atoms with Crippen molar-refractivity contribution in [1.82, 2.24) is 0 Å². The molecule has 0 saturated heterocycles. The SMILES string of the molecule is CCO[C@@H](Cc1ccc(OC/C=C(/C)C#CC2(I)C=CC=C(I)C2)c(Br)c1)C(=O)O. The standard InChI is InChI=1S/C23H23BrI2O4/c1-3-29-21(22(27)28)14-17-6-7-20(19(24)13-17)30-12-9-16(2)8-11-23(26)10-4-5-18(25)15-23/h4-7,9-10,13,21H,3,12,14-15H2,1-2H3,(H,27,28)/b16-9-/t21-,23?/m0/s1. The maximum absolute atomic E-state index is 11.3. The van der Waals surface area contributed by atoms with E-state index in [0.717, 1.165) is 22.0 Å². The van der Waals surface area contributed by atoms with Gasteiger partial charge in [-0.05, 0) is 85.3 Å². The molecule has 0 bridgehead atoms.